The average molecular weight is 326 g/mol. The van der Waals surface area contributed by atoms with Crippen molar-refractivity contribution in [1.82, 2.24) is 0 Å². The fraction of sp³-hybridized carbons (Fsp3) is 0.143. The first-order chi connectivity index (χ1) is 11.3. The van der Waals surface area contributed by atoms with Gasteiger partial charge in [0.25, 0.3) is 0 Å². The minimum absolute atomic E-state index is 0.209. The largest absolute Gasteiger partial charge is 0.417 e. The highest BCUT2D eigenvalue weighted by molar-refractivity contribution is 5.76. The normalized spacial score (nSPS) is 11.5. The maximum absolute atomic E-state index is 13.4. The molecule has 122 valence electrons. The molecule has 24 heavy (non-hydrogen) atoms. The van der Waals surface area contributed by atoms with Gasteiger partial charge in [0.05, 0.1) is 5.56 Å². The molecule has 0 atom stereocenters. The lowest BCUT2D eigenvalue weighted by molar-refractivity contribution is -0.137. The van der Waals surface area contributed by atoms with E-state index in [0.717, 1.165) is 22.3 Å². The smallest absolute Gasteiger partial charge is 0.166 e. The third-order valence-corrected chi connectivity index (χ3v) is 4.07. The van der Waals surface area contributed by atoms with Gasteiger partial charge in [0.15, 0.2) is 0 Å². The molecule has 0 saturated heterocycles. The summed E-state index contributed by atoms with van der Waals surface area (Å²) in [6.45, 7) is 3.89. The van der Waals surface area contributed by atoms with Gasteiger partial charge >= 0.3 is 6.18 Å². The lowest BCUT2D eigenvalue weighted by atomic mass is 9.93. The maximum Gasteiger partial charge on any atom is 0.417 e. The molecule has 0 heterocycles. The lowest BCUT2D eigenvalue weighted by Crippen LogP contribution is -2.07. The van der Waals surface area contributed by atoms with Crippen LogP contribution in [0.5, 0.6) is 0 Å². The summed E-state index contributed by atoms with van der Waals surface area (Å²) in [4.78, 5) is 0. The molecule has 0 radical (unpaired) electrons. The Bertz CT molecular complexity index is 842. The molecule has 0 aliphatic heterocycles. The molecule has 0 N–H and O–H groups in total. The Balaban J connectivity index is 2.17. The molecule has 0 aliphatic rings. The first kappa shape index (κ1) is 16.3. The number of alkyl halides is 3. The van der Waals surface area contributed by atoms with E-state index < -0.39 is 11.7 Å². The fourth-order valence-electron chi connectivity index (χ4n) is 2.69. The molecule has 0 fully saturated rings. The molecule has 3 aromatic rings. The Kier molecular flexibility index (Phi) is 4.18. The molecule has 3 rings (SSSR count). The molecular weight excluding hydrogens is 309 g/mol. The van der Waals surface area contributed by atoms with Crippen LogP contribution in [-0.4, -0.2) is 0 Å². The lowest BCUT2D eigenvalue weighted by Gasteiger charge is -2.15. The van der Waals surface area contributed by atoms with Crippen molar-refractivity contribution in [2.24, 2.45) is 0 Å². The van der Waals surface area contributed by atoms with Gasteiger partial charge in [-0.1, -0.05) is 65.7 Å². The molecule has 0 nitrogen and oxygen atoms in total. The van der Waals surface area contributed by atoms with Crippen molar-refractivity contribution in [3.05, 3.63) is 83.4 Å². The summed E-state index contributed by atoms with van der Waals surface area (Å²) < 4.78 is 40.2. The Labute approximate surface area is 139 Å². The number of hydrogen-bond donors (Lipinski definition) is 0. The van der Waals surface area contributed by atoms with Crippen LogP contribution in [0.2, 0.25) is 0 Å². The summed E-state index contributed by atoms with van der Waals surface area (Å²) in [5.74, 6) is 0. The van der Waals surface area contributed by atoms with Gasteiger partial charge in [-0.2, -0.15) is 13.2 Å². The van der Waals surface area contributed by atoms with Crippen molar-refractivity contribution in [1.29, 1.82) is 0 Å². The van der Waals surface area contributed by atoms with Crippen LogP contribution >= 0.6 is 0 Å². The molecule has 0 saturated carbocycles. The summed E-state index contributed by atoms with van der Waals surface area (Å²) in [7, 11) is 0. The third kappa shape index (κ3) is 3.35. The zero-order valence-corrected chi connectivity index (χ0v) is 13.5. The van der Waals surface area contributed by atoms with Crippen molar-refractivity contribution >= 4 is 0 Å². The van der Waals surface area contributed by atoms with Crippen LogP contribution in [0, 0.1) is 13.8 Å². The van der Waals surface area contributed by atoms with Crippen molar-refractivity contribution in [3.63, 3.8) is 0 Å². The van der Waals surface area contributed by atoms with Crippen molar-refractivity contribution in [2.75, 3.05) is 0 Å². The molecule has 0 aliphatic carbocycles. The SMILES string of the molecule is Cc1ccc(-c2ccc(C(F)(F)F)c(-c3ccc(C)cc3)c2)cc1. The van der Waals surface area contributed by atoms with Crippen molar-refractivity contribution in [2.45, 2.75) is 20.0 Å². The van der Waals surface area contributed by atoms with E-state index >= 15 is 0 Å². The van der Waals surface area contributed by atoms with Crippen LogP contribution in [0.15, 0.2) is 66.7 Å². The van der Waals surface area contributed by atoms with Gasteiger partial charge in [0.1, 0.15) is 0 Å². The van der Waals surface area contributed by atoms with Gasteiger partial charge in [-0.15, -0.1) is 0 Å². The van der Waals surface area contributed by atoms with E-state index in [-0.39, 0.29) is 5.56 Å². The van der Waals surface area contributed by atoms with Crippen LogP contribution in [0.4, 0.5) is 13.2 Å². The summed E-state index contributed by atoms with van der Waals surface area (Å²) in [5, 5.41) is 0. The van der Waals surface area contributed by atoms with Gasteiger partial charge in [-0.05, 0) is 48.2 Å². The standard InChI is InChI=1S/C21H17F3/c1-14-3-7-16(8-4-14)18-11-12-20(21(22,23)24)19(13-18)17-9-5-15(2)6-10-17/h3-13H,1-2H3. The average Bonchev–Trinajstić information content (AvgIpc) is 2.55. The second-order valence-corrected chi connectivity index (χ2v) is 5.99. The fourth-order valence-corrected chi connectivity index (χ4v) is 2.69. The molecular formula is C21H17F3. The quantitative estimate of drug-likeness (QED) is 0.494. The van der Waals surface area contributed by atoms with E-state index in [1.807, 2.05) is 50.2 Å². The zero-order chi connectivity index (χ0) is 17.3. The molecule has 3 aromatic carbocycles. The van der Waals surface area contributed by atoms with Crippen LogP contribution in [0.3, 0.4) is 0 Å². The second kappa shape index (κ2) is 6.16. The number of halogens is 3. The number of aryl methyl sites for hydroxylation is 2. The highest BCUT2D eigenvalue weighted by atomic mass is 19.4. The van der Waals surface area contributed by atoms with Crippen molar-refractivity contribution in [3.8, 4) is 22.3 Å². The summed E-state index contributed by atoms with van der Waals surface area (Å²) in [5.41, 5.74) is 3.98. The van der Waals surface area contributed by atoms with Crippen LogP contribution in [-0.2, 0) is 6.18 Å². The molecule has 0 spiro atoms. The van der Waals surface area contributed by atoms with E-state index in [1.165, 1.54) is 12.1 Å². The monoisotopic (exact) mass is 326 g/mol. The highest BCUT2D eigenvalue weighted by Gasteiger charge is 2.33. The van der Waals surface area contributed by atoms with Crippen LogP contribution < -0.4 is 0 Å². The van der Waals surface area contributed by atoms with E-state index in [1.54, 1.807) is 18.2 Å². The van der Waals surface area contributed by atoms with E-state index in [4.69, 9.17) is 0 Å². The molecule has 3 heteroatoms. The Morgan fingerprint density at radius 1 is 0.583 bits per heavy atom. The Morgan fingerprint density at radius 2 is 1.04 bits per heavy atom. The van der Waals surface area contributed by atoms with Gasteiger partial charge in [-0.3, -0.25) is 0 Å². The van der Waals surface area contributed by atoms with E-state index in [9.17, 15) is 13.2 Å². The topological polar surface area (TPSA) is 0 Å². The summed E-state index contributed by atoms with van der Waals surface area (Å²) in [6.07, 6.45) is -4.38. The van der Waals surface area contributed by atoms with Crippen LogP contribution in [0.1, 0.15) is 16.7 Å². The van der Waals surface area contributed by atoms with Gasteiger partial charge in [-0.25, -0.2) is 0 Å². The van der Waals surface area contributed by atoms with Gasteiger partial charge in [0, 0.05) is 0 Å². The highest BCUT2D eigenvalue weighted by Crippen LogP contribution is 2.39. The predicted octanol–water partition coefficient (Wildman–Crippen LogP) is 6.66. The first-order valence-corrected chi connectivity index (χ1v) is 7.70. The molecule has 0 bridgehead atoms. The molecule has 0 unspecified atom stereocenters. The second-order valence-electron chi connectivity index (χ2n) is 5.99. The first-order valence-electron chi connectivity index (χ1n) is 7.70. The molecule has 0 amide bonds. The maximum atomic E-state index is 13.4. The number of benzene rings is 3. The molecule has 0 aromatic heterocycles. The van der Waals surface area contributed by atoms with Gasteiger partial charge < -0.3 is 0 Å². The van der Waals surface area contributed by atoms with Gasteiger partial charge in [0.2, 0.25) is 0 Å². The summed E-state index contributed by atoms with van der Waals surface area (Å²) >= 11 is 0. The van der Waals surface area contributed by atoms with Crippen molar-refractivity contribution < 1.29 is 13.2 Å². The number of hydrogen-bond acceptors (Lipinski definition) is 0. The van der Waals surface area contributed by atoms with E-state index in [2.05, 4.69) is 0 Å². The predicted molar refractivity (Wildman–Crippen MR) is 91.8 cm³/mol. The minimum Gasteiger partial charge on any atom is -0.166 e. The Hall–Kier alpha value is -2.55. The minimum atomic E-state index is -4.38. The third-order valence-electron chi connectivity index (χ3n) is 4.07. The number of rotatable bonds is 2. The van der Waals surface area contributed by atoms with E-state index in [0.29, 0.717) is 5.56 Å². The zero-order valence-electron chi connectivity index (χ0n) is 13.5. The Morgan fingerprint density at radius 3 is 1.54 bits per heavy atom. The van der Waals surface area contributed by atoms with Crippen LogP contribution in [0.25, 0.3) is 22.3 Å². The summed E-state index contributed by atoms with van der Waals surface area (Å²) in [6, 6.07) is 19.2.